The van der Waals surface area contributed by atoms with E-state index >= 15 is 0 Å². The monoisotopic (exact) mass is 296 g/mol. The van der Waals surface area contributed by atoms with Gasteiger partial charge in [0.05, 0.1) is 18.4 Å². The smallest absolute Gasteiger partial charge is 0.271 e. The second kappa shape index (κ2) is 6.23. The van der Waals surface area contributed by atoms with E-state index in [0.717, 1.165) is 16.3 Å². The Kier molecular flexibility index (Phi) is 3.97. The molecule has 21 heavy (non-hydrogen) atoms. The molecule has 0 unspecified atom stereocenters. The maximum Gasteiger partial charge on any atom is 0.271 e. The summed E-state index contributed by atoms with van der Waals surface area (Å²) in [4.78, 5) is 24.2. The van der Waals surface area contributed by atoms with E-state index in [1.807, 2.05) is 35.7 Å². The first-order chi connectivity index (χ1) is 10.3. The Bertz CT molecular complexity index is 728. The topological polar surface area (TPSA) is 67.8 Å². The molecule has 1 N–H and O–H groups in total. The van der Waals surface area contributed by atoms with Crippen molar-refractivity contribution in [2.24, 2.45) is 0 Å². The Morgan fingerprint density at radius 2 is 2.05 bits per heavy atom. The van der Waals surface area contributed by atoms with Crippen LogP contribution in [0.5, 0.6) is 0 Å². The summed E-state index contributed by atoms with van der Waals surface area (Å²) < 4.78 is 0. The van der Waals surface area contributed by atoms with Gasteiger partial charge in [-0.3, -0.25) is 9.78 Å². The summed E-state index contributed by atoms with van der Waals surface area (Å²) in [5.41, 5.74) is 2.29. The zero-order valence-corrected chi connectivity index (χ0v) is 11.9. The second-order valence-corrected chi connectivity index (χ2v) is 5.21. The minimum atomic E-state index is -0.250. The van der Waals surface area contributed by atoms with Crippen LogP contribution in [0.25, 0.3) is 11.3 Å². The summed E-state index contributed by atoms with van der Waals surface area (Å²) in [5.74, 6) is -0.250. The van der Waals surface area contributed by atoms with Crippen molar-refractivity contribution in [1.29, 1.82) is 0 Å². The number of thiazole rings is 1. The largest absolute Gasteiger partial charge is 0.344 e. The average Bonchev–Trinajstić information content (AvgIpc) is 3.03. The number of hydrogen-bond donors (Lipinski definition) is 1. The first kappa shape index (κ1) is 13.4. The number of amides is 1. The summed E-state index contributed by atoms with van der Waals surface area (Å²) in [6, 6.07) is 9.94. The van der Waals surface area contributed by atoms with E-state index in [4.69, 9.17) is 0 Å². The van der Waals surface area contributed by atoms with E-state index in [1.54, 1.807) is 0 Å². The molecular formula is C15H12N4OS. The van der Waals surface area contributed by atoms with Crippen molar-refractivity contribution in [3.63, 3.8) is 0 Å². The summed E-state index contributed by atoms with van der Waals surface area (Å²) in [6.45, 7) is 0.382. The van der Waals surface area contributed by atoms with Crippen molar-refractivity contribution in [3.8, 4) is 11.3 Å². The number of benzene rings is 1. The molecule has 0 aliphatic carbocycles. The SMILES string of the molecule is O=C(NCc1nc(-c2ccccc2)cs1)c1cnccn1. The molecule has 1 aromatic carbocycles. The summed E-state index contributed by atoms with van der Waals surface area (Å²) >= 11 is 1.52. The van der Waals surface area contributed by atoms with Gasteiger partial charge in [0, 0.05) is 23.3 Å². The molecule has 2 heterocycles. The Hall–Kier alpha value is -2.60. The first-order valence-corrected chi connectivity index (χ1v) is 7.25. The Balaban J connectivity index is 1.64. The molecule has 104 valence electrons. The van der Waals surface area contributed by atoms with Gasteiger partial charge in [-0.2, -0.15) is 0 Å². The lowest BCUT2D eigenvalue weighted by Gasteiger charge is -2.01. The van der Waals surface area contributed by atoms with E-state index in [1.165, 1.54) is 29.9 Å². The van der Waals surface area contributed by atoms with Gasteiger partial charge < -0.3 is 5.32 Å². The fourth-order valence-electron chi connectivity index (χ4n) is 1.80. The maximum atomic E-state index is 11.9. The molecule has 2 aromatic heterocycles. The molecule has 3 rings (SSSR count). The number of nitrogens with one attached hydrogen (secondary N) is 1. The van der Waals surface area contributed by atoms with Crippen LogP contribution in [0.2, 0.25) is 0 Å². The number of rotatable bonds is 4. The van der Waals surface area contributed by atoms with Gasteiger partial charge in [-0.25, -0.2) is 9.97 Å². The highest BCUT2D eigenvalue weighted by molar-refractivity contribution is 7.09. The molecule has 0 saturated carbocycles. The van der Waals surface area contributed by atoms with E-state index in [2.05, 4.69) is 20.3 Å². The third-order valence-corrected chi connectivity index (χ3v) is 3.67. The highest BCUT2D eigenvalue weighted by atomic mass is 32.1. The lowest BCUT2D eigenvalue weighted by Crippen LogP contribution is -2.23. The van der Waals surface area contributed by atoms with Crippen LogP contribution in [0.15, 0.2) is 54.3 Å². The molecule has 3 aromatic rings. The van der Waals surface area contributed by atoms with Crippen LogP contribution in [0.3, 0.4) is 0 Å². The molecule has 6 heteroatoms. The van der Waals surface area contributed by atoms with Crippen molar-refractivity contribution >= 4 is 17.2 Å². The van der Waals surface area contributed by atoms with Gasteiger partial charge in [-0.05, 0) is 0 Å². The predicted octanol–water partition coefficient (Wildman–Crippen LogP) is 2.53. The zero-order valence-electron chi connectivity index (χ0n) is 11.1. The van der Waals surface area contributed by atoms with Crippen molar-refractivity contribution in [2.45, 2.75) is 6.54 Å². The summed E-state index contributed by atoms with van der Waals surface area (Å²) in [7, 11) is 0. The number of hydrogen-bond acceptors (Lipinski definition) is 5. The van der Waals surface area contributed by atoms with Crippen molar-refractivity contribution in [2.75, 3.05) is 0 Å². The number of aromatic nitrogens is 3. The fraction of sp³-hybridized carbons (Fsp3) is 0.0667. The van der Waals surface area contributed by atoms with Crippen LogP contribution in [-0.4, -0.2) is 20.9 Å². The third-order valence-electron chi connectivity index (χ3n) is 2.82. The van der Waals surface area contributed by atoms with Crippen LogP contribution < -0.4 is 5.32 Å². The Morgan fingerprint density at radius 3 is 2.81 bits per heavy atom. The predicted molar refractivity (Wildman–Crippen MR) is 80.8 cm³/mol. The third kappa shape index (κ3) is 3.29. The van der Waals surface area contributed by atoms with Crippen LogP contribution in [0.1, 0.15) is 15.5 Å². The number of carbonyl (C=O) groups excluding carboxylic acids is 1. The average molecular weight is 296 g/mol. The zero-order chi connectivity index (χ0) is 14.5. The van der Waals surface area contributed by atoms with Gasteiger partial charge in [0.15, 0.2) is 0 Å². The number of carbonyl (C=O) groups is 1. The molecule has 0 bridgehead atoms. The Labute approximate surface area is 125 Å². The minimum absolute atomic E-state index is 0.250. The van der Waals surface area contributed by atoms with Crippen molar-refractivity contribution in [1.82, 2.24) is 20.3 Å². The van der Waals surface area contributed by atoms with Gasteiger partial charge in [-0.1, -0.05) is 30.3 Å². The van der Waals surface area contributed by atoms with E-state index < -0.39 is 0 Å². The molecule has 1 amide bonds. The molecule has 0 saturated heterocycles. The highest BCUT2D eigenvalue weighted by Gasteiger charge is 2.08. The van der Waals surface area contributed by atoms with Crippen LogP contribution >= 0.6 is 11.3 Å². The maximum absolute atomic E-state index is 11.9. The lowest BCUT2D eigenvalue weighted by atomic mass is 10.2. The van der Waals surface area contributed by atoms with Crippen LogP contribution in [0.4, 0.5) is 0 Å². The van der Waals surface area contributed by atoms with Gasteiger partial charge in [0.2, 0.25) is 0 Å². The van der Waals surface area contributed by atoms with Crippen molar-refractivity contribution in [3.05, 3.63) is 65.0 Å². The molecule has 0 spiro atoms. The second-order valence-electron chi connectivity index (χ2n) is 4.27. The quantitative estimate of drug-likeness (QED) is 0.803. The molecule has 0 radical (unpaired) electrons. The van der Waals surface area contributed by atoms with Crippen molar-refractivity contribution < 1.29 is 4.79 Å². The van der Waals surface area contributed by atoms with E-state index in [9.17, 15) is 4.79 Å². The Morgan fingerprint density at radius 1 is 1.19 bits per heavy atom. The summed E-state index contributed by atoms with van der Waals surface area (Å²) in [5, 5.41) is 5.62. The van der Waals surface area contributed by atoms with E-state index in [-0.39, 0.29) is 5.91 Å². The molecule has 5 nitrogen and oxygen atoms in total. The van der Waals surface area contributed by atoms with Gasteiger partial charge >= 0.3 is 0 Å². The van der Waals surface area contributed by atoms with Gasteiger partial charge in [-0.15, -0.1) is 11.3 Å². The lowest BCUT2D eigenvalue weighted by molar-refractivity contribution is 0.0945. The minimum Gasteiger partial charge on any atom is -0.344 e. The molecule has 0 aliphatic rings. The van der Waals surface area contributed by atoms with Crippen LogP contribution in [-0.2, 0) is 6.54 Å². The highest BCUT2D eigenvalue weighted by Crippen LogP contribution is 2.21. The molecular weight excluding hydrogens is 284 g/mol. The van der Waals surface area contributed by atoms with Gasteiger partial charge in [0.1, 0.15) is 10.7 Å². The number of nitrogens with zero attached hydrogens (tertiary/aromatic N) is 3. The molecule has 0 atom stereocenters. The molecule has 0 aliphatic heterocycles. The molecule has 0 fully saturated rings. The summed E-state index contributed by atoms with van der Waals surface area (Å²) in [6.07, 6.45) is 4.46. The fourth-order valence-corrected chi connectivity index (χ4v) is 2.54. The normalized spacial score (nSPS) is 10.3. The van der Waals surface area contributed by atoms with Gasteiger partial charge in [0.25, 0.3) is 5.91 Å². The first-order valence-electron chi connectivity index (χ1n) is 6.37. The standard InChI is InChI=1S/C15H12N4OS/c20-15(12-8-16-6-7-17-12)18-9-14-19-13(10-21-14)11-4-2-1-3-5-11/h1-8,10H,9H2,(H,18,20). The van der Waals surface area contributed by atoms with Crippen LogP contribution in [0, 0.1) is 0 Å². The van der Waals surface area contributed by atoms with E-state index in [0.29, 0.717) is 12.2 Å².